The zero-order valence-electron chi connectivity index (χ0n) is 6.20. The van der Waals surface area contributed by atoms with E-state index in [1.807, 2.05) is 0 Å². The molecular weight excluding hydrogens is 141 g/mol. The van der Waals surface area contributed by atoms with Crippen LogP contribution in [-0.4, -0.2) is 6.18 Å². The molecule has 0 nitrogen and oxygen atoms in total. The van der Waals surface area contributed by atoms with Gasteiger partial charge in [0.2, 0.25) is 0 Å². The quantitative estimate of drug-likeness (QED) is 0.584. The molecule has 0 saturated heterocycles. The first-order valence-corrected chi connectivity index (χ1v) is 3.42. The van der Waals surface area contributed by atoms with Crippen LogP contribution in [-0.2, 0) is 0 Å². The van der Waals surface area contributed by atoms with E-state index in [0.29, 0.717) is 19.3 Å². The first kappa shape index (κ1) is 9.79. The topological polar surface area (TPSA) is 0 Å². The number of hydrogen-bond donors (Lipinski definition) is 0. The van der Waals surface area contributed by atoms with Crippen molar-refractivity contribution in [2.75, 3.05) is 0 Å². The van der Waals surface area contributed by atoms with Crippen LogP contribution in [0.3, 0.4) is 0 Å². The summed E-state index contributed by atoms with van der Waals surface area (Å²) in [5.74, 6) is -0.306. The highest BCUT2D eigenvalue weighted by Crippen LogP contribution is 2.26. The van der Waals surface area contributed by atoms with Crippen LogP contribution in [0, 0.1) is 12.3 Å². The van der Waals surface area contributed by atoms with Crippen molar-refractivity contribution in [2.45, 2.75) is 32.9 Å². The lowest BCUT2D eigenvalue weighted by atomic mass is 9.99. The fourth-order valence-corrected chi connectivity index (χ4v) is 0.792. The second-order valence-corrected chi connectivity index (χ2v) is 2.28. The fourth-order valence-electron chi connectivity index (χ4n) is 0.792. The average Bonchev–Trinajstić information content (AvgIpc) is 1.81. The van der Waals surface area contributed by atoms with Gasteiger partial charge in [-0.05, 0) is 5.92 Å². The van der Waals surface area contributed by atoms with Crippen LogP contribution < -0.4 is 0 Å². The molecule has 0 saturated carbocycles. The van der Waals surface area contributed by atoms with Crippen LogP contribution in [0.1, 0.15) is 26.7 Å². The molecule has 0 bridgehead atoms. The van der Waals surface area contributed by atoms with Crippen molar-refractivity contribution >= 4 is 0 Å². The molecule has 3 heteroatoms. The van der Waals surface area contributed by atoms with E-state index in [1.54, 1.807) is 13.8 Å². The number of rotatable bonds is 3. The maximum absolute atomic E-state index is 11.6. The minimum Gasteiger partial charge on any atom is -0.171 e. The zero-order chi connectivity index (χ0) is 8.20. The summed E-state index contributed by atoms with van der Waals surface area (Å²) in [4.78, 5) is 0. The second-order valence-electron chi connectivity index (χ2n) is 2.28. The Kier molecular flexibility index (Phi) is 3.76. The molecule has 0 unspecified atom stereocenters. The molecular formula is C7H12F3. The normalized spacial score (nSPS) is 12.6. The van der Waals surface area contributed by atoms with Gasteiger partial charge in [-0.15, -0.1) is 0 Å². The van der Waals surface area contributed by atoms with E-state index >= 15 is 0 Å². The van der Waals surface area contributed by atoms with E-state index in [2.05, 4.69) is 0 Å². The SMILES string of the molecule is CCC([CH]C(F)(F)F)CC. The van der Waals surface area contributed by atoms with Crippen molar-refractivity contribution in [3.8, 4) is 0 Å². The van der Waals surface area contributed by atoms with Crippen LogP contribution in [0.25, 0.3) is 0 Å². The van der Waals surface area contributed by atoms with Gasteiger partial charge in [0.15, 0.2) is 0 Å². The van der Waals surface area contributed by atoms with Crippen molar-refractivity contribution in [1.29, 1.82) is 0 Å². The second kappa shape index (κ2) is 3.84. The molecule has 10 heavy (non-hydrogen) atoms. The van der Waals surface area contributed by atoms with E-state index in [4.69, 9.17) is 0 Å². The molecule has 0 aliphatic heterocycles. The lowest BCUT2D eigenvalue weighted by Crippen LogP contribution is -2.15. The van der Waals surface area contributed by atoms with Gasteiger partial charge in [0, 0.05) is 0 Å². The monoisotopic (exact) mass is 153 g/mol. The predicted molar refractivity (Wildman–Crippen MR) is 34.4 cm³/mol. The first-order valence-electron chi connectivity index (χ1n) is 3.42. The van der Waals surface area contributed by atoms with Gasteiger partial charge in [0.25, 0.3) is 0 Å². The van der Waals surface area contributed by atoms with Gasteiger partial charge < -0.3 is 0 Å². The van der Waals surface area contributed by atoms with Crippen molar-refractivity contribution in [1.82, 2.24) is 0 Å². The Morgan fingerprint density at radius 1 is 1.20 bits per heavy atom. The van der Waals surface area contributed by atoms with Crippen LogP contribution >= 0.6 is 0 Å². The highest BCUT2D eigenvalue weighted by Gasteiger charge is 2.30. The van der Waals surface area contributed by atoms with Gasteiger partial charge in [-0.2, -0.15) is 13.2 Å². The summed E-state index contributed by atoms with van der Waals surface area (Å²) < 4.78 is 34.9. The standard InChI is InChI=1S/C7H12F3/c1-3-6(4-2)5-7(8,9)10/h5-6H,3-4H2,1-2H3. The zero-order valence-corrected chi connectivity index (χ0v) is 6.20. The Balaban J connectivity index is 3.63. The molecule has 0 spiro atoms. The molecule has 0 heterocycles. The summed E-state index contributed by atoms with van der Waals surface area (Å²) in [5, 5.41) is 0. The van der Waals surface area contributed by atoms with E-state index < -0.39 is 6.18 Å². The molecule has 0 aromatic heterocycles. The van der Waals surface area contributed by atoms with Gasteiger partial charge in [0.1, 0.15) is 0 Å². The van der Waals surface area contributed by atoms with Gasteiger partial charge in [0.05, 0.1) is 6.42 Å². The summed E-state index contributed by atoms with van der Waals surface area (Å²) in [6.45, 7) is 3.52. The van der Waals surface area contributed by atoms with E-state index in [1.165, 1.54) is 0 Å². The first-order chi connectivity index (χ1) is 4.49. The van der Waals surface area contributed by atoms with Crippen LogP contribution in [0.5, 0.6) is 0 Å². The number of hydrogen-bond acceptors (Lipinski definition) is 0. The Morgan fingerprint density at radius 2 is 1.60 bits per heavy atom. The third-order valence-electron chi connectivity index (χ3n) is 1.47. The van der Waals surface area contributed by atoms with E-state index in [0.717, 1.165) is 0 Å². The molecule has 0 N–H and O–H groups in total. The Morgan fingerprint density at radius 3 is 1.70 bits per heavy atom. The lowest BCUT2D eigenvalue weighted by molar-refractivity contribution is -0.104. The minimum atomic E-state index is -4.10. The van der Waals surface area contributed by atoms with E-state index in [9.17, 15) is 13.2 Å². The Labute approximate surface area is 59.4 Å². The highest BCUT2D eigenvalue weighted by molar-refractivity contribution is 4.81. The van der Waals surface area contributed by atoms with Gasteiger partial charge in [-0.3, -0.25) is 0 Å². The van der Waals surface area contributed by atoms with Gasteiger partial charge >= 0.3 is 6.18 Å². The maximum atomic E-state index is 11.6. The Bertz CT molecular complexity index is 81.3. The molecule has 0 aromatic carbocycles. The largest absolute Gasteiger partial charge is 0.392 e. The van der Waals surface area contributed by atoms with Crippen LogP contribution in [0.15, 0.2) is 0 Å². The highest BCUT2D eigenvalue weighted by atomic mass is 19.4. The van der Waals surface area contributed by atoms with Crippen LogP contribution in [0.2, 0.25) is 0 Å². The predicted octanol–water partition coefficient (Wildman–Crippen LogP) is 3.19. The molecule has 0 aliphatic carbocycles. The molecule has 0 amide bonds. The summed E-state index contributed by atoms with van der Waals surface area (Å²) in [7, 11) is 0. The number of halogens is 3. The molecule has 1 radical (unpaired) electrons. The number of alkyl halides is 3. The van der Waals surface area contributed by atoms with Crippen molar-refractivity contribution in [3.63, 3.8) is 0 Å². The summed E-state index contributed by atoms with van der Waals surface area (Å²) >= 11 is 0. The summed E-state index contributed by atoms with van der Waals surface area (Å²) in [6, 6.07) is 0. The molecule has 0 fully saturated rings. The third kappa shape index (κ3) is 4.65. The molecule has 0 aliphatic rings. The molecule has 61 valence electrons. The fraction of sp³-hybridized carbons (Fsp3) is 0.857. The maximum Gasteiger partial charge on any atom is 0.392 e. The summed E-state index contributed by atoms with van der Waals surface area (Å²) in [5.41, 5.74) is 0. The molecule has 0 aromatic rings. The molecule has 0 rings (SSSR count). The van der Waals surface area contributed by atoms with Gasteiger partial charge in [-0.1, -0.05) is 26.7 Å². The van der Waals surface area contributed by atoms with Crippen molar-refractivity contribution < 1.29 is 13.2 Å². The average molecular weight is 153 g/mol. The minimum absolute atomic E-state index is 0.306. The van der Waals surface area contributed by atoms with Crippen molar-refractivity contribution in [2.24, 2.45) is 5.92 Å². The van der Waals surface area contributed by atoms with Crippen molar-refractivity contribution in [3.05, 3.63) is 6.42 Å². The summed E-state index contributed by atoms with van der Waals surface area (Å²) in [6.07, 6.45) is -2.50. The van der Waals surface area contributed by atoms with Gasteiger partial charge in [-0.25, -0.2) is 0 Å². The third-order valence-corrected chi connectivity index (χ3v) is 1.47. The van der Waals surface area contributed by atoms with E-state index in [-0.39, 0.29) is 5.92 Å². The Hall–Kier alpha value is -0.210. The lowest BCUT2D eigenvalue weighted by Gasteiger charge is -2.13. The molecule has 0 atom stereocenters. The van der Waals surface area contributed by atoms with Crippen LogP contribution in [0.4, 0.5) is 13.2 Å². The smallest absolute Gasteiger partial charge is 0.171 e.